The molecule has 1 aliphatic rings. The molecule has 0 unspecified atom stereocenters. The van der Waals surface area contributed by atoms with Crippen molar-refractivity contribution in [3.8, 4) is 6.07 Å². The van der Waals surface area contributed by atoms with E-state index in [1.807, 2.05) is 0 Å². The maximum absolute atomic E-state index is 9.07. The van der Waals surface area contributed by atoms with Gasteiger partial charge in [0.2, 0.25) is 0 Å². The largest absolute Gasteiger partial charge is 0.304 e. The molecule has 1 aliphatic carbocycles. The molecular weight excluding hydrogens is 184 g/mol. The van der Waals surface area contributed by atoms with E-state index in [4.69, 9.17) is 5.26 Å². The number of rotatable bonds is 6. The Kier molecular flexibility index (Phi) is 4.60. The lowest BCUT2D eigenvalue weighted by Gasteiger charge is -2.35. The standard InChI is InChI=1S/C13H24N2/c1-12(2)15(3)10-5-4-7-13(11-14)8-6-9-13/h12H,4-10H2,1-3H3. The molecule has 0 atom stereocenters. The van der Waals surface area contributed by atoms with E-state index in [-0.39, 0.29) is 5.41 Å². The van der Waals surface area contributed by atoms with Gasteiger partial charge in [-0.1, -0.05) is 12.8 Å². The van der Waals surface area contributed by atoms with Crippen LogP contribution in [0.15, 0.2) is 0 Å². The van der Waals surface area contributed by atoms with E-state index >= 15 is 0 Å². The topological polar surface area (TPSA) is 27.0 Å². The summed E-state index contributed by atoms with van der Waals surface area (Å²) in [6.45, 7) is 5.62. The Labute approximate surface area is 94.3 Å². The molecular formula is C13H24N2. The van der Waals surface area contributed by atoms with E-state index in [1.54, 1.807) is 0 Å². The zero-order valence-electron chi connectivity index (χ0n) is 10.4. The first-order valence-electron chi connectivity index (χ1n) is 6.21. The normalized spacial score (nSPS) is 18.9. The highest BCUT2D eigenvalue weighted by Crippen LogP contribution is 2.44. The minimum absolute atomic E-state index is 0.0798. The molecule has 2 nitrogen and oxygen atoms in total. The zero-order chi connectivity index (χ0) is 11.3. The highest BCUT2D eigenvalue weighted by Gasteiger charge is 2.36. The molecule has 0 aliphatic heterocycles. The number of nitriles is 1. The maximum Gasteiger partial charge on any atom is 0.0689 e. The smallest absolute Gasteiger partial charge is 0.0689 e. The molecule has 2 heteroatoms. The Morgan fingerprint density at radius 2 is 2.00 bits per heavy atom. The molecule has 0 bridgehead atoms. The van der Waals surface area contributed by atoms with Crippen molar-refractivity contribution < 1.29 is 0 Å². The van der Waals surface area contributed by atoms with Gasteiger partial charge in [0.1, 0.15) is 0 Å². The van der Waals surface area contributed by atoms with Crippen LogP contribution in [-0.4, -0.2) is 24.5 Å². The summed E-state index contributed by atoms with van der Waals surface area (Å²) in [5, 5.41) is 9.07. The van der Waals surface area contributed by atoms with Crippen molar-refractivity contribution in [2.45, 2.75) is 58.4 Å². The summed E-state index contributed by atoms with van der Waals surface area (Å²) in [5.41, 5.74) is 0.0798. The van der Waals surface area contributed by atoms with E-state index in [0.29, 0.717) is 6.04 Å². The fraction of sp³-hybridized carbons (Fsp3) is 0.923. The first-order valence-corrected chi connectivity index (χ1v) is 6.21. The van der Waals surface area contributed by atoms with Crippen LogP contribution in [0.4, 0.5) is 0 Å². The SMILES string of the molecule is CC(C)N(C)CCCCC1(C#N)CCC1. The Morgan fingerprint density at radius 3 is 2.40 bits per heavy atom. The molecule has 0 spiro atoms. The summed E-state index contributed by atoms with van der Waals surface area (Å²) < 4.78 is 0. The Balaban J connectivity index is 2.09. The summed E-state index contributed by atoms with van der Waals surface area (Å²) in [4.78, 5) is 2.37. The second-order valence-corrected chi connectivity index (χ2v) is 5.28. The third-order valence-electron chi connectivity index (χ3n) is 3.85. The van der Waals surface area contributed by atoms with Crippen LogP contribution in [0.25, 0.3) is 0 Å². The van der Waals surface area contributed by atoms with Crippen molar-refractivity contribution in [2.24, 2.45) is 5.41 Å². The highest BCUT2D eigenvalue weighted by molar-refractivity contribution is 5.04. The number of hydrogen-bond donors (Lipinski definition) is 0. The van der Waals surface area contributed by atoms with E-state index in [2.05, 4.69) is 31.9 Å². The minimum Gasteiger partial charge on any atom is -0.304 e. The van der Waals surface area contributed by atoms with Gasteiger partial charge < -0.3 is 4.90 Å². The number of unbranched alkanes of at least 4 members (excludes halogenated alkanes) is 1. The predicted molar refractivity (Wildman–Crippen MR) is 63.5 cm³/mol. The quantitative estimate of drug-likeness (QED) is 0.627. The highest BCUT2D eigenvalue weighted by atomic mass is 15.1. The molecule has 15 heavy (non-hydrogen) atoms. The fourth-order valence-corrected chi connectivity index (χ4v) is 2.10. The van der Waals surface area contributed by atoms with Gasteiger partial charge in [-0.15, -0.1) is 0 Å². The minimum atomic E-state index is 0.0798. The van der Waals surface area contributed by atoms with Gasteiger partial charge in [0.15, 0.2) is 0 Å². The summed E-state index contributed by atoms with van der Waals surface area (Å²) in [6.07, 6.45) is 7.12. The molecule has 1 rings (SSSR count). The third-order valence-corrected chi connectivity index (χ3v) is 3.85. The molecule has 0 amide bonds. The van der Waals surface area contributed by atoms with Crippen molar-refractivity contribution in [1.29, 1.82) is 5.26 Å². The van der Waals surface area contributed by atoms with Gasteiger partial charge in [-0.3, -0.25) is 0 Å². The van der Waals surface area contributed by atoms with E-state index in [1.165, 1.54) is 25.8 Å². The summed E-state index contributed by atoms with van der Waals surface area (Å²) in [6, 6.07) is 3.15. The second-order valence-electron chi connectivity index (χ2n) is 5.28. The van der Waals surface area contributed by atoms with E-state index < -0.39 is 0 Å². The molecule has 0 N–H and O–H groups in total. The molecule has 0 aromatic rings. The molecule has 0 aromatic heterocycles. The molecule has 1 saturated carbocycles. The van der Waals surface area contributed by atoms with E-state index in [0.717, 1.165) is 19.3 Å². The van der Waals surface area contributed by atoms with Crippen LogP contribution in [0, 0.1) is 16.7 Å². The lowest BCUT2D eigenvalue weighted by Crippen LogP contribution is -2.29. The first-order chi connectivity index (χ1) is 7.09. The van der Waals surface area contributed by atoms with Crippen LogP contribution in [0.3, 0.4) is 0 Å². The van der Waals surface area contributed by atoms with Gasteiger partial charge in [-0.2, -0.15) is 5.26 Å². The van der Waals surface area contributed by atoms with Crippen LogP contribution >= 0.6 is 0 Å². The first kappa shape index (κ1) is 12.5. The second kappa shape index (κ2) is 5.51. The van der Waals surface area contributed by atoms with Gasteiger partial charge in [0.25, 0.3) is 0 Å². The average Bonchev–Trinajstić information content (AvgIpc) is 2.15. The van der Waals surface area contributed by atoms with Crippen molar-refractivity contribution in [1.82, 2.24) is 4.90 Å². The molecule has 0 aromatic carbocycles. The monoisotopic (exact) mass is 208 g/mol. The molecule has 0 heterocycles. The van der Waals surface area contributed by atoms with Crippen LogP contribution in [0.5, 0.6) is 0 Å². The zero-order valence-corrected chi connectivity index (χ0v) is 10.4. The third kappa shape index (κ3) is 3.50. The number of nitrogens with zero attached hydrogens (tertiary/aromatic N) is 2. The van der Waals surface area contributed by atoms with Crippen molar-refractivity contribution >= 4 is 0 Å². The predicted octanol–water partition coefficient (Wildman–Crippen LogP) is 3.19. The van der Waals surface area contributed by atoms with E-state index in [9.17, 15) is 0 Å². The van der Waals surface area contributed by atoms with Crippen LogP contribution in [-0.2, 0) is 0 Å². The van der Waals surface area contributed by atoms with Crippen molar-refractivity contribution in [3.63, 3.8) is 0 Å². The van der Waals surface area contributed by atoms with Crippen LogP contribution in [0.1, 0.15) is 52.4 Å². The Bertz CT molecular complexity index is 223. The van der Waals surface area contributed by atoms with Gasteiger partial charge in [0, 0.05) is 6.04 Å². The molecule has 86 valence electrons. The van der Waals surface area contributed by atoms with Gasteiger partial charge in [-0.25, -0.2) is 0 Å². The average molecular weight is 208 g/mol. The Morgan fingerprint density at radius 1 is 1.33 bits per heavy atom. The maximum atomic E-state index is 9.07. The lowest BCUT2D eigenvalue weighted by atomic mass is 9.67. The summed E-state index contributed by atoms with van der Waals surface area (Å²) >= 11 is 0. The van der Waals surface area contributed by atoms with Crippen molar-refractivity contribution in [2.75, 3.05) is 13.6 Å². The van der Waals surface area contributed by atoms with Gasteiger partial charge in [-0.05, 0) is 53.1 Å². The van der Waals surface area contributed by atoms with Crippen LogP contribution in [0.2, 0.25) is 0 Å². The molecule has 0 saturated heterocycles. The lowest BCUT2D eigenvalue weighted by molar-refractivity contribution is 0.185. The summed E-state index contributed by atoms with van der Waals surface area (Å²) in [5.74, 6) is 0. The Hall–Kier alpha value is -0.550. The van der Waals surface area contributed by atoms with Gasteiger partial charge >= 0.3 is 0 Å². The summed E-state index contributed by atoms with van der Waals surface area (Å²) in [7, 11) is 2.17. The fourth-order valence-electron chi connectivity index (χ4n) is 2.10. The number of hydrogen-bond acceptors (Lipinski definition) is 2. The molecule has 1 fully saturated rings. The van der Waals surface area contributed by atoms with Crippen molar-refractivity contribution in [3.05, 3.63) is 0 Å². The van der Waals surface area contributed by atoms with Gasteiger partial charge in [0.05, 0.1) is 11.5 Å². The van der Waals surface area contributed by atoms with Crippen LogP contribution < -0.4 is 0 Å². The molecule has 0 radical (unpaired) electrons.